The van der Waals surface area contributed by atoms with E-state index < -0.39 is 5.97 Å². The first-order chi connectivity index (χ1) is 10.6. The van der Waals surface area contributed by atoms with Gasteiger partial charge in [0.2, 0.25) is 0 Å². The minimum absolute atomic E-state index is 0.191. The summed E-state index contributed by atoms with van der Waals surface area (Å²) in [7, 11) is 0. The Morgan fingerprint density at radius 3 is 2.36 bits per heavy atom. The molecule has 1 aromatic rings. The molecule has 1 saturated carbocycles. The number of carboxylic acids is 1. The molecule has 2 aliphatic heterocycles. The molecule has 0 bridgehead atoms. The molecule has 22 heavy (non-hydrogen) atoms. The van der Waals surface area contributed by atoms with Crippen molar-refractivity contribution in [3.8, 4) is 11.5 Å². The predicted octanol–water partition coefficient (Wildman–Crippen LogP) is 3.61. The van der Waals surface area contributed by atoms with Crippen molar-refractivity contribution in [1.82, 2.24) is 0 Å². The summed E-state index contributed by atoms with van der Waals surface area (Å²) in [6, 6.07) is 0. The van der Waals surface area contributed by atoms with Crippen LogP contribution in [0.5, 0.6) is 11.5 Å². The maximum atomic E-state index is 11.4. The number of fused-ring (bicyclic) bond motifs is 2. The normalized spacial score (nSPS) is 21.1. The molecule has 4 rings (SSSR count). The molecule has 3 aliphatic rings. The van der Waals surface area contributed by atoms with Gasteiger partial charge in [-0.1, -0.05) is 0 Å². The third kappa shape index (κ3) is 2.13. The van der Waals surface area contributed by atoms with Gasteiger partial charge >= 0.3 is 5.97 Å². The highest BCUT2D eigenvalue weighted by atomic mass is 79.9. The molecule has 0 spiro atoms. The van der Waals surface area contributed by atoms with Gasteiger partial charge in [0.1, 0.15) is 11.5 Å². The Balaban J connectivity index is 1.94. The summed E-state index contributed by atoms with van der Waals surface area (Å²) in [6.45, 7) is 1.45. The lowest BCUT2D eigenvalue weighted by Gasteiger charge is -2.32. The standard InChI is InChI=1S/C17H19BrO4/c18-14-11-4-2-7-21-15(11)13(10-3-1-8-22-16(10)14)17(5-6-17)9-12(19)20/h1-9H2,(H,19,20). The lowest BCUT2D eigenvalue weighted by atomic mass is 9.82. The summed E-state index contributed by atoms with van der Waals surface area (Å²) < 4.78 is 13.0. The van der Waals surface area contributed by atoms with Gasteiger partial charge in [0.25, 0.3) is 0 Å². The number of ether oxygens (including phenoxy) is 2. The van der Waals surface area contributed by atoms with Crippen LogP contribution in [0.25, 0.3) is 0 Å². The van der Waals surface area contributed by atoms with E-state index in [-0.39, 0.29) is 11.8 Å². The molecule has 1 N–H and O–H groups in total. The molecular weight excluding hydrogens is 348 g/mol. The molecule has 5 heteroatoms. The number of rotatable bonds is 3. The number of carboxylic acid groups (broad SMARTS) is 1. The fourth-order valence-corrected chi connectivity index (χ4v) is 4.64. The quantitative estimate of drug-likeness (QED) is 0.887. The van der Waals surface area contributed by atoms with E-state index in [1.54, 1.807) is 0 Å². The van der Waals surface area contributed by atoms with Crippen LogP contribution in [0.15, 0.2) is 4.47 Å². The number of benzene rings is 1. The van der Waals surface area contributed by atoms with Crippen molar-refractivity contribution >= 4 is 21.9 Å². The van der Waals surface area contributed by atoms with Crippen LogP contribution >= 0.6 is 15.9 Å². The van der Waals surface area contributed by atoms with Gasteiger partial charge in [-0.05, 0) is 54.5 Å². The van der Waals surface area contributed by atoms with Crippen LogP contribution in [-0.4, -0.2) is 24.3 Å². The fourth-order valence-electron chi connectivity index (χ4n) is 3.91. The number of aliphatic carboxylic acids is 1. The molecule has 0 saturated heterocycles. The molecule has 0 radical (unpaired) electrons. The van der Waals surface area contributed by atoms with Crippen molar-refractivity contribution in [2.45, 2.75) is 50.4 Å². The van der Waals surface area contributed by atoms with E-state index in [4.69, 9.17) is 9.47 Å². The lowest BCUT2D eigenvalue weighted by Crippen LogP contribution is -2.23. The van der Waals surface area contributed by atoms with Gasteiger partial charge in [-0.2, -0.15) is 0 Å². The highest BCUT2D eigenvalue weighted by molar-refractivity contribution is 9.10. The van der Waals surface area contributed by atoms with Crippen LogP contribution in [0.1, 0.15) is 48.8 Å². The second-order valence-corrected chi connectivity index (χ2v) is 7.35. The van der Waals surface area contributed by atoms with E-state index >= 15 is 0 Å². The Hall–Kier alpha value is -1.23. The van der Waals surface area contributed by atoms with E-state index in [2.05, 4.69) is 15.9 Å². The average molecular weight is 367 g/mol. The Labute approximate surface area is 137 Å². The van der Waals surface area contributed by atoms with Crippen LogP contribution in [-0.2, 0) is 23.1 Å². The third-order valence-corrected chi connectivity index (χ3v) is 5.89. The zero-order chi connectivity index (χ0) is 15.3. The third-order valence-electron chi connectivity index (χ3n) is 5.05. The molecule has 0 amide bonds. The van der Waals surface area contributed by atoms with Gasteiger partial charge in [0.15, 0.2) is 0 Å². The number of halogens is 1. The second kappa shape index (κ2) is 5.15. The maximum absolute atomic E-state index is 11.4. The maximum Gasteiger partial charge on any atom is 0.304 e. The van der Waals surface area contributed by atoms with Gasteiger partial charge in [-0.15, -0.1) is 0 Å². The fraction of sp³-hybridized carbons (Fsp3) is 0.588. The summed E-state index contributed by atoms with van der Waals surface area (Å²) in [5.74, 6) is 1.15. The van der Waals surface area contributed by atoms with Gasteiger partial charge < -0.3 is 14.6 Å². The first-order valence-electron chi connectivity index (χ1n) is 7.97. The van der Waals surface area contributed by atoms with E-state index in [0.29, 0.717) is 0 Å². The smallest absolute Gasteiger partial charge is 0.304 e. The topological polar surface area (TPSA) is 55.8 Å². The first kappa shape index (κ1) is 14.4. The summed E-state index contributed by atoms with van der Waals surface area (Å²) in [5, 5.41) is 9.33. The first-order valence-corrected chi connectivity index (χ1v) is 8.77. The predicted molar refractivity (Wildman–Crippen MR) is 84.9 cm³/mol. The van der Waals surface area contributed by atoms with Crippen LogP contribution < -0.4 is 9.47 Å². The summed E-state index contributed by atoms with van der Waals surface area (Å²) in [4.78, 5) is 11.4. The Morgan fingerprint density at radius 1 is 1.09 bits per heavy atom. The largest absolute Gasteiger partial charge is 0.493 e. The highest BCUT2D eigenvalue weighted by Crippen LogP contribution is 2.59. The minimum Gasteiger partial charge on any atom is -0.493 e. The highest BCUT2D eigenvalue weighted by Gasteiger charge is 2.51. The van der Waals surface area contributed by atoms with Crippen LogP contribution in [0.4, 0.5) is 0 Å². The van der Waals surface area contributed by atoms with Gasteiger partial charge in [0.05, 0.1) is 24.1 Å². The van der Waals surface area contributed by atoms with Gasteiger partial charge in [0, 0.05) is 22.1 Å². The van der Waals surface area contributed by atoms with Crippen LogP contribution in [0, 0.1) is 0 Å². The zero-order valence-corrected chi connectivity index (χ0v) is 14.0. The van der Waals surface area contributed by atoms with Crippen LogP contribution in [0.2, 0.25) is 0 Å². The molecule has 0 aromatic heterocycles. The number of hydrogen-bond donors (Lipinski definition) is 1. The monoisotopic (exact) mass is 366 g/mol. The number of hydrogen-bond acceptors (Lipinski definition) is 3. The van der Waals surface area contributed by atoms with Gasteiger partial charge in [-0.3, -0.25) is 4.79 Å². The van der Waals surface area contributed by atoms with E-state index in [0.717, 1.165) is 73.3 Å². The van der Waals surface area contributed by atoms with Crippen molar-refractivity contribution in [3.63, 3.8) is 0 Å². The van der Waals surface area contributed by atoms with Crippen molar-refractivity contribution in [3.05, 3.63) is 21.2 Å². The molecular formula is C17H19BrO4. The molecule has 1 fully saturated rings. The second-order valence-electron chi connectivity index (χ2n) is 6.56. The van der Waals surface area contributed by atoms with Crippen molar-refractivity contribution in [2.24, 2.45) is 0 Å². The zero-order valence-electron chi connectivity index (χ0n) is 12.4. The van der Waals surface area contributed by atoms with Crippen molar-refractivity contribution < 1.29 is 19.4 Å². The SMILES string of the molecule is O=C(O)CC1(c2c3c(c(Br)c4c2OCCC4)OCCC3)CC1. The summed E-state index contributed by atoms with van der Waals surface area (Å²) in [6.07, 6.45) is 5.94. The molecule has 2 heterocycles. The van der Waals surface area contributed by atoms with E-state index in [9.17, 15) is 9.90 Å². The molecule has 1 aromatic carbocycles. The molecule has 4 nitrogen and oxygen atoms in total. The van der Waals surface area contributed by atoms with Crippen molar-refractivity contribution in [2.75, 3.05) is 13.2 Å². The Kier molecular flexibility index (Phi) is 3.36. The van der Waals surface area contributed by atoms with E-state index in [1.165, 1.54) is 11.1 Å². The van der Waals surface area contributed by atoms with Gasteiger partial charge in [-0.25, -0.2) is 0 Å². The number of carbonyl (C=O) groups is 1. The Morgan fingerprint density at radius 2 is 1.73 bits per heavy atom. The Bertz CT molecular complexity index is 612. The molecule has 118 valence electrons. The van der Waals surface area contributed by atoms with Crippen LogP contribution in [0.3, 0.4) is 0 Å². The average Bonchev–Trinajstić information content (AvgIpc) is 3.27. The molecule has 0 atom stereocenters. The molecule has 0 unspecified atom stereocenters. The van der Waals surface area contributed by atoms with E-state index in [1.807, 2.05) is 0 Å². The minimum atomic E-state index is -0.726. The lowest BCUT2D eigenvalue weighted by molar-refractivity contribution is -0.137. The molecule has 1 aliphatic carbocycles. The summed E-state index contributed by atoms with van der Waals surface area (Å²) >= 11 is 3.70. The van der Waals surface area contributed by atoms with Crippen molar-refractivity contribution in [1.29, 1.82) is 0 Å². The summed E-state index contributed by atoms with van der Waals surface area (Å²) in [5.41, 5.74) is 3.25.